The standard InChI is InChI=1S/C14H31N/c1-5-6-7-8-9-10-11-12-14(2)13-15(3)4/h14H,5-13H2,1-4H3. The van der Waals surface area contributed by atoms with Gasteiger partial charge in [0.15, 0.2) is 0 Å². The van der Waals surface area contributed by atoms with E-state index in [1.807, 2.05) is 0 Å². The van der Waals surface area contributed by atoms with Crippen LogP contribution in [0.3, 0.4) is 0 Å². The molecule has 0 saturated heterocycles. The van der Waals surface area contributed by atoms with E-state index in [4.69, 9.17) is 0 Å². The normalized spacial score (nSPS) is 13.4. The molecule has 0 aliphatic heterocycles. The smallest absolute Gasteiger partial charge is 0.0000920 e. The second-order valence-electron chi connectivity index (χ2n) is 5.28. The second-order valence-corrected chi connectivity index (χ2v) is 5.28. The minimum atomic E-state index is 0.871. The molecule has 0 aliphatic rings. The Labute approximate surface area is 97.2 Å². The van der Waals surface area contributed by atoms with Gasteiger partial charge in [0.2, 0.25) is 0 Å². The number of hydrogen-bond donors (Lipinski definition) is 0. The third-order valence-corrected chi connectivity index (χ3v) is 2.98. The Kier molecular flexibility index (Phi) is 10.4. The third-order valence-electron chi connectivity index (χ3n) is 2.98. The van der Waals surface area contributed by atoms with Gasteiger partial charge in [0.1, 0.15) is 0 Å². The molecule has 0 fully saturated rings. The van der Waals surface area contributed by atoms with Gasteiger partial charge < -0.3 is 4.90 Å². The summed E-state index contributed by atoms with van der Waals surface area (Å²) in [6, 6.07) is 0. The number of nitrogens with zero attached hydrogens (tertiary/aromatic N) is 1. The molecule has 1 nitrogen and oxygen atoms in total. The van der Waals surface area contributed by atoms with E-state index in [1.165, 1.54) is 57.9 Å². The van der Waals surface area contributed by atoms with Crippen molar-refractivity contribution in [2.75, 3.05) is 20.6 Å². The average Bonchev–Trinajstić information content (AvgIpc) is 2.15. The zero-order chi connectivity index (χ0) is 11.5. The summed E-state index contributed by atoms with van der Waals surface area (Å²) >= 11 is 0. The van der Waals surface area contributed by atoms with Gasteiger partial charge in [0.05, 0.1) is 0 Å². The highest BCUT2D eigenvalue weighted by Crippen LogP contribution is 2.12. The lowest BCUT2D eigenvalue weighted by Crippen LogP contribution is -2.19. The molecule has 0 aromatic carbocycles. The Morgan fingerprint density at radius 3 is 1.93 bits per heavy atom. The molecule has 0 rings (SSSR count). The van der Waals surface area contributed by atoms with E-state index in [1.54, 1.807) is 0 Å². The molecule has 15 heavy (non-hydrogen) atoms. The fourth-order valence-electron chi connectivity index (χ4n) is 2.16. The Morgan fingerprint density at radius 2 is 1.40 bits per heavy atom. The van der Waals surface area contributed by atoms with Crippen LogP contribution in [-0.2, 0) is 0 Å². The molecule has 92 valence electrons. The third kappa shape index (κ3) is 11.9. The topological polar surface area (TPSA) is 3.24 Å². The van der Waals surface area contributed by atoms with Crippen LogP contribution in [0.15, 0.2) is 0 Å². The molecule has 0 aromatic rings. The predicted molar refractivity (Wildman–Crippen MR) is 70.3 cm³/mol. The van der Waals surface area contributed by atoms with Crippen molar-refractivity contribution in [3.8, 4) is 0 Å². The Bertz CT molecular complexity index is 121. The van der Waals surface area contributed by atoms with Gasteiger partial charge in [0.25, 0.3) is 0 Å². The summed E-state index contributed by atoms with van der Waals surface area (Å²) in [5, 5.41) is 0. The van der Waals surface area contributed by atoms with Crippen LogP contribution in [-0.4, -0.2) is 25.5 Å². The van der Waals surface area contributed by atoms with E-state index in [9.17, 15) is 0 Å². The first kappa shape index (κ1) is 15.0. The van der Waals surface area contributed by atoms with Crippen molar-refractivity contribution in [2.24, 2.45) is 5.92 Å². The van der Waals surface area contributed by atoms with Gasteiger partial charge in [-0.25, -0.2) is 0 Å². The van der Waals surface area contributed by atoms with Crippen LogP contribution >= 0.6 is 0 Å². The van der Waals surface area contributed by atoms with Crippen LogP contribution in [0.1, 0.15) is 65.2 Å². The highest BCUT2D eigenvalue weighted by molar-refractivity contribution is 4.56. The maximum absolute atomic E-state index is 2.37. The molecule has 0 amide bonds. The lowest BCUT2D eigenvalue weighted by molar-refractivity contribution is 0.321. The first-order valence-electron chi connectivity index (χ1n) is 6.81. The van der Waals surface area contributed by atoms with Gasteiger partial charge in [-0.15, -0.1) is 0 Å². The zero-order valence-electron chi connectivity index (χ0n) is 11.4. The summed E-state index contributed by atoms with van der Waals surface area (Å²) in [6.45, 7) is 5.90. The van der Waals surface area contributed by atoms with E-state index in [0.717, 1.165) is 5.92 Å². The highest BCUT2D eigenvalue weighted by atomic mass is 15.1. The van der Waals surface area contributed by atoms with Crippen LogP contribution in [0.2, 0.25) is 0 Å². The Morgan fingerprint density at radius 1 is 0.867 bits per heavy atom. The summed E-state index contributed by atoms with van der Waals surface area (Å²) in [5.74, 6) is 0.871. The van der Waals surface area contributed by atoms with Gasteiger partial charge in [-0.3, -0.25) is 0 Å². The number of rotatable bonds is 10. The molecule has 0 bridgehead atoms. The van der Waals surface area contributed by atoms with Crippen LogP contribution < -0.4 is 0 Å². The van der Waals surface area contributed by atoms with Crippen LogP contribution in [0.4, 0.5) is 0 Å². The minimum absolute atomic E-state index is 0.871. The van der Waals surface area contributed by atoms with Crippen molar-refractivity contribution >= 4 is 0 Å². The second kappa shape index (κ2) is 10.5. The zero-order valence-corrected chi connectivity index (χ0v) is 11.4. The summed E-state index contributed by atoms with van der Waals surface area (Å²) < 4.78 is 0. The first-order valence-corrected chi connectivity index (χ1v) is 6.81. The van der Waals surface area contributed by atoms with Crippen molar-refractivity contribution < 1.29 is 0 Å². The summed E-state index contributed by atoms with van der Waals surface area (Å²) in [4.78, 5) is 2.30. The van der Waals surface area contributed by atoms with Crippen molar-refractivity contribution in [1.82, 2.24) is 4.90 Å². The summed E-state index contributed by atoms with van der Waals surface area (Å²) in [5.41, 5.74) is 0. The summed E-state index contributed by atoms with van der Waals surface area (Å²) in [7, 11) is 4.34. The molecule has 0 spiro atoms. The van der Waals surface area contributed by atoms with Crippen LogP contribution in [0.5, 0.6) is 0 Å². The van der Waals surface area contributed by atoms with Crippen molar-refractivity contribution in [3.05, 3.63) is 0 Å². The van der Waals surface area contributed by atoms with Crippen LogP contribution in [0, 0.1) is 5.92 Å². The average molecular weight is 213 g/mol. The lowest BCUT2D eigenvalue weighted by Gasteiger charge is -2.16. The van der Waals surface area contributed by atoms with E-state index in [-0.39, 0.29) is 0 Å². The van der Waals surface area contributed by atoms with Crippen molar-refractivity contribution in [1.29, 1.82) is 0 Å². The molecule has 1 unspecified atom stereocenters. The van der Waals surface area contributed by atoms with Gasteiger partial charge in [-0.2, -0.15) is 0 Å². The Hall–Kier alpha value is -0.0400. The molecule has 1 heteroatoms. The van der Waals surface area contributed by atoms with E-state index >= 15 is 0 Å². The fraction of sp³-hybridized carbons (Fsp3) is 1.00. The van der Waals surface area contributed by atoms with Crippen LogP contribution in [0.25, 0.3) is 0 Å². The molecule has 0 aliphatic carbocycles. The fourth-order valence-corrected chi connectivity index (χ4v) is 2.16. The van der Waals surface area contributed by atoms with E-state index < -0.39 is 0 Å². The summed E-state index contributed by atoms with van der Waals surface area (Å²) in [6.07, 6.45) is 11.4. The molecule has 0 heterocycles. The van der Waals surface area contributed by atoms with Gasteiger partial charge >= 0.3 is 0 Å². The number of hydrogen-bond acceptors (Lipinski definition) is 1. The molecule has 0 N–H and O–H groups in total. The lowest BCUT2D eigenvalue weighted by atomic mass is 10.0. The van der Waals surface area contributed by atoms with Crippen molar-refractivity contribution in [3.63, 3.8) is 0 Å². The largest absolute Gasteiger partial charge is 0.309 e. The maximum atomic E-state index is 2.37. The molecule has 0 radical (unpaired) electrons. The van der Waals surface area contributed by atoms with E-state index in [0.29, 0.717) is 0 Å². The van der Waals surface area contributed by atoms with Gasteiger partial charge in [-0.05, 0) is 26.4 Å². The molecular weight excluding hydrogens is 182 g/mol. The number of unbranched alkanes of at least 4 members (excludes halogenated alkanes) is 6. The highest BCUT2D eigenvalue weighted by Gasteiger charge is 2.02. The maximum Gasteiger partial charge on any atom is 0.0000920 e. The predicted octanol–water partition coefficient (Wildman–Crippen LogP) is 4.32. The minimum Gasteiger partial charge on any atom is -0.309 e. The van der Waals surface area contributed by atoms with Crippen molar-refractivity contribution in [2.45, 2.75) is 65.2 Å². The quantitative estimate of drug-likeness (QED) is 0.488. The molecule has 0 saturated carbocycles. The monoisotopic (exact) mass is 213 g/mol. The Balaban J connectivity index is 3.09. The first-order chi connectivity index (χ1) is 7.16. The molecule has 0 aromatic heterocycles. The SMILES string of the molecule is CCCCCCCCCC(C)CN(C)C. The van der Waals surface area contributed by atoms with Gasteiger partial charge in [-0.1, -0.05) is 58.8 Å². The van der Waals surface area contributed by atoms with E-state index in [2.05, 4.69) is 32.8 Å². The molecule has 1 atom stereocenters. The van der Waals surface area contributed by atoms with Gasteiger partial charge in [0, 0.05) is 6.54 Å². The molecular formula is C14H31N.